The fourth-order valence-corrected chi connectivity index (χ4v) is 2.54. The number of nitrogens with zero attached hydrogens (tertiary/aromatic N) is 3. The zero-order valence-corrected chi connectivity index (χ0v) is 14.7. The number of hydrogen-bond donors (Lipinski definition) is 1. The Morgan fingerprint density at radius 1 is 1.43 bits per heavy atom. The van der Waals surface area contributed by atoms with E-state index in [0.29, 0.717) is 37.2 Å². The number of piperidine rings is 1. The van der Waals surface area contributed by atoms with E-state index < -0.39 is 12.0 Å². The summed E-state index contributed by atoms with van der Waals surface area (Å²) in [7, 11) is 0. The lowest BCUT2D eigenvalue weighted by Gasteiger charge is -2.31. The summed E-state index contributed by atoms with van der Waals surface area (Å²) in [5.74, 6) is 0.620. The van der Waals surface area contributed by atoms with Crippen molar-refractivity contribution in [2.45, 2.75) is 58.7 Å². The second kappa shape index (κ2) is 9.20. The van der Waals surface area contributed by atoms with Gasteiger partial charge >= 0.3 is 5.97 Å². The number of hydrogen-bond acceptors (Lipinski definition) is 6. The number of halogens is 1. The standard InChI is InChI=1S/C15H25N3O4.ClH/c1-10(2)9-21-11(3)14-16-13(22-17-14)8-18-7-5-4-6-12(18)15(19)20;/h10-12H,4-9H2,1-3H3,(H,19,20);1H. The summed E-state index contributed by atoms with van der Waals surface area (Å²) in [5.41, 5.74) is 0. The molecule has 7 nitrogen and oxygen atoms in total. The highest BCUT2D eigenvalue weighted by Crippen LogP contribution is 2.20. The van der Waals surface area contributed by atoms with Crippen LogP contribution in [0.25, 0.3) is 0 Å². The van der Waals surface area contributed by atoms with Crippen molar-refractivity contribution >= 4 is 18.4 Å². The highest BCUT2D eigenvalue weighted by molar-refractivity contribution is 5.85. The second-order valence-electron chi connectivity index (χ2n) is 6.24. The molecule has 0 aliphatic carbocycles. The molecule has 8 heteroatoms. The minimum atomic E-state index is -0.784. The predicted molar refractivity (Wildman–Crippen MR) is 86.4 cm³/mol. The largest absolute Gasteiger partial charge is 0.480 e. The van der Waals surface area contributed by atoms with Crippen molar-refractivity contribution in [1.29, 1.82) is 0 Å². The summed E-state index contributed by atoms with van der Waals surface area (Å²) in [4.78, 5) is 17.5. The van der Waals surface area contributed by atoms with Gasteiger partial charge in [-0.25, -0.2) is 0 Å². The fraction of sp³-hybridized carbons (Fsp3) is 0.800. The van der Waals surface area contributed by atoms with E-state index in [1.807, 2.05) is 11.8 Å². The Bertz CT molecular complexity index is 495. The van der Waals surface area contributed by atoms with Gasteiger partial charge in [-0.2, -0.15) is 4.98 Å². The molecule has 1 aliphatic rings. The van der Waals surface area contributed by atoms with Gasteiger partial charge in [0.25, 0.3) is 0 Å². The third-order valence-electron chi connectivity index (χ3n) is 3.76. The minimum Gasteiger partial charge on any atom is -0.480 e. The van der Waals surface area contributed by atoms with Crippen molar-refractivity contribution in [3.05, 3.63) is 11.7 Å². The molecule has 2 rings (SSSR count). The normalized spacial score (nSPS) is 20.3. The zero-order valence-electron chi connectivity index (χ0n) is 13.9. The van der Waals surface area contributed by atoms with Crippen molar-refractivity contribution < 1.29 is 19.2 Å². The van der Waals surface area contributed by atoms with Crippen LogP contribution < -0.4 is 0 Å². The second-order valence-corrected chi connectivity index (χ2v) is 6.24. The highest BCUT2D eigenvalue weighted by atomic mass is 35.5. The zero-order chi connectivity index (χ0) is 16.1. The predicted octanol–water partition coefficient (Wildman–Crippen LogP) is 2.66. The van der Waals surface area contributed by atoms with Crippen LogP contribution in [0.15, 0.2) is 4.52 Å². The molecule has 2 unspecified atom stereocenters. The van der Waals surface area contributed by atoms with Crippen molar-refractivity contribution in [3.8, 4) is 0 Å². The molecule has 23 heavy (non-hydrogen) atoms. The van der Waals surface area contributed by atoms with Gasteiger partial charge in [-0.05, 0) is 32.2 Å². The summed E-state index contributed by atoms with van der Waals surface area (Å²) < 4.78 is 10.9. The van der Waals surface area contributed by atoms with Gasteiger partial charge < -0.3 is 14.4 Å². The molecular weight excluding hydrogens is 322 g/mol. The number of likely N-dealkylation sites (tertiary alicyclic amines) is 1. The van der Waals surface area contributed by atoms with Crippen molar-refractivity contribution in [3.63, 3.8) is 0 Å². The van der Waals surface area contributed by atoms with E-state index in [1.165, 1.54) is 0 Å². The maximum absolute atomic E-state index is 11.3. The Morgan fingerprint density at radius 3 is 2.83 bits per heavy atom. The molecule has 1 fully saturated rings. The fourth-order valence-electron chi connectivity index (χ4n) is 2.54. The van der Waals surface area contributed by atoms with Gasteiger partial charge in [0, 0.05) is 6.61 Å². The molecule has 0 radical (unpaired) electrons. The number of aliphatic carboxylic acids is 1. The van der Waals surface area contributed by atoms with Crippen molar-refractivity contribution in [2.75, 3.05) is 13.2 Å². The topological polar surface area (TPSA) is 88.7 Å². The van der Waals surface area contributed by atoms with Crippen LogP contribution in [0.4, 0.5) is 0 Å². The molecule has 1 aliphatic heterocycles. The van der Waals surface area contributed by atoms with E-state index in [9.17, 15) is 9.90 Å². The first-order chi connectivity index (χ1) is 10.5. The van der Waals surface area contributed by atoms with Gasteiger partial charge in [0.15, 0.2) is 5.82 Å². The lowest BCUT2D eigenvalue weighted by atomic mass is 10.0. The average Bonchev–Trinajstić information content (AvgIpc) is 2.93. The van der Waals surface area contributed by atoms with E-state index in [2.05, 4.69) is 24.0 Å². The number of aromatic nitrogens is 2. The van der Waals surface area contributed by atoms with Crippen molar-refractivity contribution in [2.24, 2.45) is 5.92 Å². The molecule has 1 N–H and O–H groups in total. The van der Waals surface area contributed by atoms with Crippen LogP contribution in [0, 0.1) is 5.92 Å². The van der Waals surface area contributed by atoms with Crippen molar-refractivity contribution in [1.82, 2.24) is 15.0 Å². The van der Waals surface area contributed by atoms with E-state index in [4.69, 9.17) is 9.26 Å². The molecule has 0 aromatic carbocycles. The smallest absolute Gasteiger partial charge is 0.320 e. The molecule has 0 spiro atoms. The van der Waals surface area contributed by atoms with Gasteiger partial charge in [0.2, 0.25) is 5.89 Å². The molecule has 1 saturated heterocycles. The van der Waals surface area contributed by atoms with Crippen LogP contribution >= 0.6 is 12.4 Å². The van der Waals surface area contributed by atoms with Crippen LogP contribution in [-0.2, 0) is 16.1 Å². The summed E-state index contributed by atoms with van der Waals surface area (Å²) in [5, 5.41) is 13.2. The lowest BCUT2D eigenvalue weighted by Crippen LogP contribution is -2.44. The Balaban J connectivity index is 0.00000264. The van der Waals surface area contributed by atoms with Gasteiger partial charge in [-0.1, -0.05) is 25.4 Å². The van der Waals surface area contributed by atoms with Gasteiger partial charge in [0.05, 0.1) is 6.54 Å². The number of ether oxygens (including phenoxy) is 1. The van der Waals surface area contributed by atoms with E-state index in [-0.39, 0.29) is 18.5 Å². The first-order valence-electron chi connectivity index (χ1n) is 7.88. The Hall–Kier alpha value is -1.18. The first kappa shape index (κ1) is 19.9. The molecule has 2 heterocycles. The SMILES string of the molecule is CC(C)COC(C)c1noc(CN2CCCCC2C(=O)O)n1.Cl. The monoisotopic (exact) mass is 347 g/mol. The number of rotatable bonds is 7. The number of carboxylic acid groups (broad SMARTS) is 1. The third-order valence-corrected chi connectivity index (χ3v) is 3.76. The molecule has 2 atom stereocenters. The molecular formula is C15H26ClN3O4. The van der Waals surface area contributed by atoms with Crippen LogP contribution in [0.1, 0.15) is 57.9 Å². The maximum atomic E-state index is 11.3. The average molecular weight is 348 g/mol. The van der Waals surface area contributed by atoms with E-state index >= 15 is 0 Å². The van der Waals surface area contributed by atoms with Crippen LogP contribution in [0.2, 0.25) is 0 Å². The Labute approximate surface area is 142 Å². The quantitative estimate of drug-likeness (QED) is 0.811. The first-order valence-corrected chi connectivity index (χ1v) is 7.88. The van der Waals surface area contributed by atoms with Gasteiger partial charge in [-0.15, -0.1) is 12.4 Å². The van der Waals surface area contributed by atoms with Gasteiger partial charge in [-0.3, -0.25) is 9.69 Å². The summed E-state index contributed by atoms with van der Waals surface area (Å²) in [6.07, 6.45) is 2.39. The van der Waals surface area contributed by atoms with Crippen LogP contribution in [0.3, 0.4) is 0 Å². The van der Waals surface area contributed by atoms with Crippen LogP contribution in [0.5, 0.6) is 0 Å². The molecule has 132 valence electrons. The molecule has 1 aromatic heterocycles. The summed E-state index contributed by atoms with van der Waals surface area (Å²) in [6.45, 7) is 7.80. The molecule has 1 aromatic rings. The summed E-state index contributed by atoms with van der Waals surface area (Å²) >= 11 is 0. The highest BCUT2D eigenvalue weighted by Gasteiger charge is 2.29. The molecule has 0 amide bonds. The number of carbonyl (C=O) groups is 1. The van der Waals surface area contributed by atoms with Crippen LogP contribution in [-0.4, -0.2) is 45.3 Å². The Morgan fingerprint density at radius 2 is 2.17 bits per heavy atom. The molecule has 0 bridgehead atoms. The third kappa shape index (κ3) is 5.75. The van der Waals surface area contributed by atoms with Gasteiger partial charge in [0.1, 0.15) is 12.1 Å². The maximum Gasteiger partial charge on any atom is 0.320 e. The molecule has 0 saturated carbocycles. The minimum absolute atomic E-state index is 0. The van der Waals surface area contributed by atoms with E-state index in [1.54, 1.807) is 0 Å². The summed E-state index contributed by atoms with van der Waals surface area (Å²) in [6, 6.07) is -0.460. The Kier molecular flexibility index (Phi) is 7.94. The lowest BCUT2D eigenvalue weighted by molar-refractivity contribution is -0.145. The van der Waals surface area contributed by atoms with E-state index in [0.717, 1.165) is 19.4 Å². The number of carboxylic acids is 1.